The second-order valence-electron chi connectivity index (χ2n) is 5.67. The van der Waals surface area contributed by atoms with Crippen molar-refractivity contribution in [2.75, 3.05) is 13.1 Å². The molecule has 0 aromatic carbocycles. The van der Waals surface area contributed by atoms with E-state index in [2.05, 4.69) is 23.7 Å². The molecule has 20 heavy (non-hydrogen) atoms. The Balaban J connectivity index is 2.19. The summed E-state index contributed by atoms with van der Waals surface area (Å²) in [6.07, 6.45) is 8.21. The molecule has 112 valence electrons. The second kappa shape index (κ2) is 6.88. The Kier molecular flexibility index (Phi) is 5.42. The van der Waals surface area contributed by atoms with E-state index in [9.17, 15) is 5.11 Å². The SMILES string of the molecule is CCN(CC)C1(C(O)Cc2ccncc2Cl)CCCC1. The van der Waals surface area contributed by atoms with Crippen LogP contribution in [0.15, 0.2) is 18.5 Å². The fraction of sp³-hybridized carbons (Fsp3) is 0.688. The summed E-state index contributed by atoms with van der Waals surface area (Å²) >= 11 is 6.18. The third kappa shape index (κ3) is 3.00. The van der Waals surface area contributed by atoms with Gasteiger partial charge in [-0.3, -0.25) is 9.88 Å². The molecule has 2 rings (SSSR count). The van der Waals surface area contributed by atoms with E-state index in [4.69, 9.17) is 11.6 Å². The van der Waals surface area contributed by atoms with Gasteiger partial charge in [0.15, 0.2) is 0 Å². The fourth-order valence-corrected chi connectivity index (χ4v) is 3.87. The van der Waals surface area contributed by atoms with Gasteiger partial charge in [-0.15, -0.1) is 0 Å². The van der Waals surface area contributed by atoms with E-state index in [0.717, 1.165) is 31.5 Å². The minimum Gasteiger partial charge on any atom is -0.391 e. The van der Waals surface area contributed by atoms with Crippen LogP contribution in [-0.2, 0) is 6.42 Å². The molecule has 0 spiro atoms. The zero-order valence-electron chi connectivity index (χ0n) is 12.5. The molecule has 0 bridgehead atoms. The zero-order chi connectivity index (χ0) is 14.6. The highest BCUT2D eigenvalue weighted by Crippen LogP contribution is 2.39. The third-order valence-corrected chi connectivity index (χ3v) is 5.09. The molecule has 1 heterocycles. The molecule has 1 N–H and O–H groups in total. The maximum atomic E-state index is 10.9. The molecule has 0 aliphatic heterocycles. The Morgan fingerprint density at radius 3 is 2.55 bits per heavy atom. The average Bonchev–Trinajstić information content (AvgIpc) is 2.93. The monoisotopic (exact) mass is 296 g/mol. The predicted octanol–water partition coefficient (Wildman–Crippen LogP) is 3.29. The van der Waals surface area contributed by atoms with Crippen LogP contribution in [0.5, 0.6) is 0 Å². The lowest BCUT2D eigenvalue weighted by Gasteiger charge is -2.44. The molecule has 1 unspecified atom stereocenters. The number of nitrogens with zero attached hydrogens (tertiary/aromatic N) is 2. The molecule has 1 fully saturated rings. The van der Waals surface area contributed by atoms with Crippen LogP contribution in [0.2, 0.25) is 5.02 Å². The van der Waals surface area contributed by atoms with E-state index < -0.39 is 0 Å². The van der Waals surface area contributed by atoms with Crippen molar-refractivity contribution < 1.29 is 5.11 Å². The number of likely N-dealkylation sites (N-methyl/N-ethyl adjacent to an activating group) is 1. The molecular formula is C16H25ClN2O. The van der Waals surface area contributed by atoms with E-state index in [1.807, 2.05) is 6.07 Å². The number of pyridine rings is 1. The molecule has 1 atom stereocenters. The van der Waals surface area contributed by atoms with Crippen LogP contribution in [0.25, 0.3) is 0 Å². The van der Waals surface area contributed by atoms with E-state index in [-0.39, 0.29) is 11.6 Å². The van der Waals surface area contributed by atoms with E-state index in [1.165, 1.54) is 12.8 Å². The van der Waals surface area contributed by atoms with Crippen molar-refractivity contribution in [3.63, 3.8) is 0 Å². The first kappa shape index (κ1) is 15.7. The molecule has 0 radical (unpaired) electrons. The van der Waals surface area contributed by atoms with Crippen LogP contribution in [0.4, 0.5) is 0 Å². The summed E-state index contributed by atoms with van der Waals surface area (Å²) in [4.78, 5) is 6.44. The van der Waals surface area contributed by atoms with Gasteiger partial charge in [0, 0.05) is 24.4 Å². The molecule has 3 nitrogen and oxygen atoms in total. The molecular weight excluding hydrogens is 272 g/mol. The zero-order valence-corrected chi connectivity index (χ0v) is 13.2. The molecule has 1 aliphatic rings. The molecule has 4 heteroatoms. The number of aliphatic hydroxyl groups is 1. The Morgan fingerprint density at radius 2 is 2.00 bits per heavy atom. The smallest absolute Gasteiger partial charge is 0.0764 e. The molecule has 0 saturated heterocycles. The number of aliphatic hydroxyl groups excluding tert-OH is 1. The third-order valence-electron chi connectivity index (χ3n) is 4.75. The Bertz CT molecular complexity index is 428. The van der Waals surface area contributed by atoms with Crippen molar-refractivity contribution in [1.29, 1.82) is 0 Å². The minimum atomic E-state index is -0.371. The summed E-state index contributed by atoms with van der Waals surface area (Å²) in [6, 6.07) is 1.91. The highest BCUT2D eigenvalue weighted by Gasteiger charge is 2.44. The Labute approximate surface area is 127 Å². The van der Waals surface area contributed by atoms with Gasteiger partial charge in [-0.2, -0.15) is 0 Å². The fourth-order valence-electron chi connectivity index (χ4n) is 3.67. The molecule has 1 aromatic rings. The summed E-state index contributed by atoms with van der Waals surface area (Å²) < 4.78 is 0. The highest BCUT2D eigenvalue weighted by atomic mass is 35.5. The number of hydrogen-bond acceptors (Lipinski definition) is 3. The van der Waals surface area contributed by atoms with Crippen molar-refractivity contribution in [1.82, 2.24) is 9.88 Å². The summed E-state index contributed by atoms with van der Waals surface area (Å²) in [5, 5.41) is 11.5. The van der Waals surface area contributed by atoms with Crippen LogP contribution in [0.1, 0.15) is 45.1 Å². The molecule has 1 saturated carbocycles. The van der Waals surface area contributed by atoms with Gasteiger partial charge in [0.1, 0.15) is 0 Å². The van der Waals surface area contributed by atoms with Crippen molar-refractivity contribution in [3.05, 3.63) is 29.0 Å². The maximum absolute atomic E-state index is 10.9. The average molecular weight is 297 g/mol. The lowest BCUT2D eigenvalue weighted by atomic mass is 9.84. The van der Waals surface area contributed by atoms with Gasteiger partial charge in [-0.25, -0.2) is 0 Å². The van der Waals surface area contributed by atoms with E-state index >= 15 is 0 Å². The van der Waals surface area contributed by atoms with Crippen LogP contribution in [0.3, 0.4) is 0 Å². The Morgan fingerprint density at radius 1 is 1.35 bits per heavy atom. The highest BCUT2D eigenvalue weighted by molar-refractivity contribution is 6.31. The standard InChI is InChI=1S/C16H25ClN2O/c1-3-19(4-2)16(8-5-6-9-16)15(20)11-13-7-10-18-12-14(13)17/h7,10,12,15,20H,3-6,8-9,11H2,1-2H3. The minimum absolute atomic E-state index is 0.0733. The first-order valence-electron chi connectivity index (χ1n) is 7.65. The number of rotatable bonds is 6. The van der Waals surface area contributed by atoms with Gasteiger partial charge < -0.3 is 5.11 Å². The van der Waals surface area contributed by atoms with Gasteiger partial charge in [-0.1, -0.05) is 38.3 Å². The van der Waals surface area contributed by atoms with Gasteiger partial charge >= 0.3 is 0 Å². The second-order valence-corrected chi connectivity index (χ2v) is 6.08. The number of halogens is 1. The summed E-state index contributed by atoms with van der Waals surface area (Å²) in [5.41, 5.74) is 0.920. The number of hydrogen-bond donors (Lipinski definition) is 1. The molecule has 1 aromatic heterocycles. The van der Waals surface area contributed by atoms with Crippen molar-refractivity contribution in [2.24, 2.45) is 0 Å². The van der Waals surface area contributed by atoms with E-state index in [0.29, 0.717) is 11.4 Å². The van der Waals surface area contributed by atoms with Crippen molar-refractivity contribution in [2.45, 2.75) is 57.6 Å². The van der Waals surface area contributed by atoms with Gasteiger partial charge in [0.2, 0.25) is 0 Å². The molecule has 1 aliphatic carbocycles. The van der Waals surface area contributed by atoms with E-state index in [1.54, 1.807) is 12.4 Å². The molecule has 0 amide bonds. The lowest BCUT2D eigenvalue weighted by molar-refractivity contribution is -0.0244. The van der Waals surface area contributed by atoms with Crippen LogP contribution in [-0.4, -0.2) is 39.7 Å². The summed E-state index contributed by atoms with van der Waals surface area (Å²) in [6.45, 7) is 6.32. The summed E-state index contributed by atoms with van der Waals surface area (Å²) in [5.74, 6) is 0. The Hall–Kier alpha value is -0.640. The summed E-state index contributed by atoms with van der Waals surface area (Å²) in [7, 11) is 0. The predicted molar refractivity (Wildman–Crippen MR) is 83.1 cm³/mol. The maximum Gasteiger partial charge on any atom is 0.0764 e. The normalized spacial score (nSPS) is 19.4. The van der Waals surface area contributed by atoms with Crippen molar-refractivity contribution in [3.8, 4) is 0 Å². The lowest BCUT2D eigenvalue weighted by Crippen LogP contribution is -2.55. The van der Waals surface area contributed by atoms with Crippen LogP contribution >= 0.6 is 11.6 Å². The van der Waals surface area contributed by atoms with Gasteiger partial charge in [0.05, 0.1) is 11.1 Å². The van der Waals surface area contributed by atoms with Gasteiger partial charge in [-0.05, 0) is 37.6 Å². The van der Waals surface area contributed by atoms with Crippen LogP contribution < -0.4 is 0 Å². The topological polar surface area (TPSA) is 36.4 Å². The first-order valence-corrected chi connectivity index (χ1v) is 8.03. The quantitative estimate of drug-likeness (QED) is 0.875. The number of aromatic nitrogens is 1. The van der Waals surface area contributed by atoms with Crippen LogP contribution in [0, 0.1) is 0 Å². The first-order chi connectivity index (χ1) is 9.64. The van der Waals surface area contributed by atoms with Crippen molar-refractivity contribution >= 4 is 11.6 Å². The van der Waals surface area contributed by atoms with Gasteiger partial charge in [0.25, 0.3) is 0 Å². The largest absolute Gasteiger partial charge is 0.391 e.